The Morgan fingerprint density at radius 2 is 2.18 bits per heavy atom. The molecule has 0 saturated carbocycles. The Bertz CT molecular complexity index is 729. The highest BCUT2D eigenvalue weighted by atomic mass is 16.5. The molecule has 4 nitrogen and oxygen atoms in total. The zero-order chi connectivity index (χ0) is 15.4. The van der Waals surface area contributed by atoms with E-state index in [4.69, 9.17) is 10.00 Å². The Hall–Kier alpha value is -2.80. The van der Waals surface area contributed by atoms with Crippen molar-refractivity contribution in [1.82, 2.24) is 4.98 Å². The molecule has 0 unspecified atom stereocenters. The van der Waals surface area contributed by atoms with E-state index < -0.39 is 0 Å². The Morgan fingerprint density at radius 3 is 2.82 bits per heavy atom. The van der Waals surface area contributed by atoms with Gasteiger partial charge in [0.15, 0.2) is 0 Å². The first-order valence-corrected chi connectivity index (χ1v) is 7.25. The fourth-order valence-electron chi connectivity index (χ4n) is 2.60. The van der Waals surface area contributed by atoms with E-state index in [1.165, 1.54) is 11.1 Å². The van der Waals surface area contributed by atoms with Crippen LogP contribution in [0.15, 0.2) is 48.7 Å². The number of ether oxygens (including phenoxy) is 1. The fourth-order valence-corrected chi connectivity index (χ4v) is 2.60. The van der Waals surface area contributed by atoms with E-state index in [0.29, 0.717) is 5.56 Å². The van der Waals surface area contributed by atoms with Gasteiger partial charge in [-0.15, -0.1) is 0 Å². The third kappa shape index (κ3) is 2.94. The number of hydrogen-bond donors (Lipinski definition) is 0. The first kappa shape index (κ1) is 14.2. The minimum absolute atomic E-state index is 0.591. The SMILES string of the molecule is COc1cccc(C2=CCN(c3ccc(C#N)cn3)CC2)c1. The largest absolute Gasteiger partial charge is 0.497 e. The van der Waals surface area contributed by atoms with E-state index in [1.54, 1.807) is 13.3 Å². The summed E-state index contributed by atoms with van der Waals surface area (Å²) in [6.07, 6.45) is 4.82. The van der Waals surface area contributed by atoms with Crippen molar-refractivity contribution >= 4 is 11.4 Å². The molecule has 0 fully saturated rings. The second-order valence-electron chi connectivity index (χ2n) is 5.17. The molecule has 0 N–H and O–H groups in total. The van der Waals surface area contributed by atoms with Gasteiger partial charge >= 0.3 is 0 Å². The first-order chi connectivity index (χ1) is 10.8. The van der Waals surface area contributed by atoms with Crippen molar-refractivity contribution in [1.29, 1.82) is 5.26 Å². The van der Waals surface area contributed by atoms with E-state index in [0.717, 1.165) is 31.1 Å². The number of rotatable bonds is 3. The van der Waals surface area contributed by atoms with Crippen LogP contribution in [-0.4, -0.2) is 25.2 Å². The van der Waals surface area contributed by atoms with Crippen LogP contribution in [0.1, 0.15) is 17.5 Å². The zero-order valence-corrected chi connectivity index (χ0v) is 12.5. The molecule has 4 heteroatoms. The summed E-state index contributed by atoms with van der Waals surface area (Å²) in [5.74, 6) is 1.80. The molecule has 0 atom stereocenters. The normalized spacial score (nSPS) is 14.2. The average Bonchev–Trinajstić information content (AvgIpc) is 2.62. The Kier molecular flexibility index (Phi) is 4.06. The molecule has 0 aliphatic carbocycles. The Labute approximate surface area is 130 Å². The van der Waals surface area contributed by atoms with E-state index in [9.17, 15) is 0 Å². The van der Waals surface area contributed by atoms with Crippen LogP contribution < -0.4 is 9.64 Å². The van der Waals surface area contributed by atoms with Gasteiger partial charge in [0.25, 0.3) is 0 Å². The lowest BCUT2D eigenvalue weighted by Gasteiger charge is -2.27. The summed E-state index contributed by atoms with van der Waals surface area (Å²) in [6.45, 7) is 1.74. The van der Waals surface area contributed by atoms with Gasteiger partial charge in [-0.3, -0.25) is 0 Å². The summed E-state index contributed by atoms with van der Waals surface area (Å²) < 4.78 is 5.28. The molecule has 1 aliphatic heterocycles. The third-order valence-electron chi connectivity index (χ3n) is 3.85. The quantitative estimate of drug-likeness (QED) is 0.871. The summed E-state index contributed by atoms with van der Waals surface area (Å²) in [4.78, 5) is 6.57. The molecule has 2 aromatic rings. The van der Waals surface area contributed by atoms with Gasteiger partial charge in [-0.1, -0.05) is 18.2 Å². The monoisotopic (exact) mass is 291 g/mol. The van der Waals surface area contributed by atoms with Crippen molar-refractivity contribution < 1.29 is 4.74 Å². The maximum Gasteiger partial charge on any atom is 0.128 e. The predicted octanol–water partition coefficient (Wildman–Crippen LogP) is 3.26. The Morgan fingerprint density at radius 1 is 1.27 bits per heavy atom. The Balaban J connectivity index is 1.74. The first-order valence-electron chi connectivity index (χ1n) is 7.25. The van der Waals surface area contributed by atoms with Crippen molar-refractivity contribution in [2.24, 2.45) is 0 Å². The average molecular weight is 291 g/mol. The van der Waals surface area contributed by atoms with Gasteiger partial charge in [0.1, 0.15) is 17.6 Å². The molecule has 110 valence electrons. The van der Waals surface area contributed by atoms with Crippen molar-refractivity contribution in [3.05, 3.63) is 59.8 Å². The topological polar surface area (TPSA) is 49.1 Å². The number of nitriles is 1. The molecule has 0 saturated heterocycles. The maximum atomic E-state index is 8.82. The summed E-state index contributed by atoms with van der Waals surface area (Å²) in [7, 11) is 1.69. The number of pyridine rings is 1. The zero-order valence-electron chi connectivity index (χ0n) is 12.5. The lowest BCUT2D eigenvalue weighted by molar-refractivity contribution is 0.414. The van der Waals surface area contributed by atoms with Crippen LogP contribution in [0.4, 0.5) is 5.82 Å². The summed E-state index contributed by atoms with van der Waals surface area (Å²) >= 11 is 0. The molecule has 3 rings (SSSR count). The van der Waals surface area contributed by atoms with Gasteiger partial charge < -0.3 is 9.64 Å². The van der Waals surface area contributed by atoms with E-state index >= 15 is 0 Å². The van der Waals surface area contributed by atoms with Gasteiger partial charge in [0.2, 0.25) is 0 Å². The predicted molar refractivity (Wildman–Crippen MR) is 86.8 cm³/mol. The lowest BCUT2D eigenvalue weighted by atomic mass is 9.99. The van der Waals surface area contributed by atoms with Crippen molar-refractivity contribution in [3.8, 4) is 11.8 Å². The molecular formula is C18H17N3O. The fraction of sp³-hybridized carbons (Fsp3) is 0.222. The highest BCUT2D eigenvalue weighted by Gasteiger charge is 2.14. The summed E-state index contributed by atoms with van der Waals surface area (Å²) in [5.41, 5.74) is 3.14. The van der Waals surface area contributed by atoms with Crippen LogP contribution in [0.3, 0.4) is 0 Å². The number of anilines is 1. The van der Waals surface area contributed by atoms with Crippen molar-refractivity contribution in [2.45, 2.75) is 6.42 Å². The standard InChI is InChI=1S/C18H17N3O/c1-22-17-4-2-3-16(11-17)15-7-9-21(10-8-15)18-6-5-14(12-19)13-20-18/h2-7,11,13H,8-10H2,1H3. The minimum atomic E-state index is 0.591. The molecule has 0 radical (unpaired) electrons. The number of benzene rings is 1. The summed E-state index contributed by atoms with van der Waals surface area (Å²) in [5, 5.41) is 8.82. The molecule has 0 spiro atoms. The van der Waals surface area contributed by atoms with Crippen LogP contribution in [0.5, 0.6) is 5.75 Å². The molecule has 0 amide bonds. The van der Waals surface area contributed by atoms with Crippen LogP contribution in [0, 0.1) is 11.3 Å². The van der Waals surface area contributed by atoms with Crippen molar-refractivity contribution in [3.63, 3.8) is 0 Å². The minimum Gasteiger partial charge on any atom is -0.497 e. The molecule has 1 aromatic carbocycles. The van der Waals surface area contributed by atoms with Gasteiger partial charge in [-0.25, -0.2) is 4.98 Å². The second kappa shape index (κ2) is 6.31. The van der Waals surface area contributed by atoms with Crippen LogP contribution in [-0.2, 0) is 0 Å². The molecule has 0 bridgehead atoms. The van der Waals surface area contributed by atoms with Crippen LogP contribution in [0.2, 0.25) is 0 Å². The van der Waals surface area contributed by atoms with Gasteiger partial charge in [-0.2, -0.15) is 5.26 Å². The molecule has 1 aromatic heterocycles. The number of aromatic nitrogens is 1. The number of hydrogen-bond acceptors (Lipinski definition) is 4. The highest BCUT2D eigenvalue weighted by Crippen LogP contribution is 2.27. The lowest BCUT2D eigenvalue weighted by Crippen LogP contribution is -2.28. The number of nitrogens with zero attached hydrogens (tertiary/aromatic N) is 3. The summed E-state index contributed by atoms with van der Waals surface area (Å²) in [6, 6.07) is 14.0. The van der Waals surface area contributed by atoms with Crippen molar-refractivity contribution in [2.75, 3.05) is 25.1 Å². The second-order valence-corrected chi connectivity index (χ2v) is 5.17. The van der Waals surface area contributed by atoms with E-state index in [1.807, 2.05) is 24.3 Å². The molecule has 2 heterocycles. The molecule has 22 heavy (non-hydrogen) atoms. The van der Waals surface area contributed by atoms with E-state index in [-0.39, 0.29) is 0 Å². The molecule has 1 aliphatic rings. The van der Waals surface area contributed by atoms with Crippen LogP contribution in [0.25, 0.3) is 5.57 Å². The molecular weight excluding hydrogens is 274 g/mol. The number of methoxy groups -OCH3 is 1. The highest BCUT2D eigenvalue weighted by molar-refractivity contribution is 5.69. The van der Waals surface area contributed by atoms with E-state index in [2.05, 4.69) is 34.2 Å². The van der Waals surface area contributed by atoms with Gasteiger partial charge in [0, 0.05) is 19.3 Å². The van der Waals surface area contributed by atoms with Gasteiger partial charge in [0.05, 0.1) is 12.7 Å². The van der Waals surface area contributed by atoms with Crippen LogP contribution >= 0.6 is 0 Å². The third-order valence-corrected chi connectivity index (χ3v) is 3.85. The maximum absolute atomic E-state index is 8.82. The van der Waals surface area contributed by atoms with Gasteiger partial charge in [-0.05, 0) is 41.8 Å². The smallest absolute Gasteiger partial charge is 0.128 e.